The average Bonchev–Trinajstić information content (AvgIpc) is 2.98. The molecule has 0 bridgehead atoms. The maximum Gasteiger partial charge on any atom is 0.339 e. The first-order valence-electron chi connectivity index (χ1n) is 7.12. The Balaban J connectivity index is 2.09. The van der Waals surface area contributed by atoms with Gasteiger partial charge in [0.1, 0.15) is 17.1 Å². The van der Waals surface area contributed by atoms with Crippen molar-refractivity contribution in [3.05, 3.63) is 51.7 Å². The van der Waals surface area contributed by atoms with E-state index in [0.717, 1.165) is 6.42 Å². The topological polar surface area (TPSA) is 80.6 Å². The third kappa shape index (κ3) is 2.65. The van der Waals surface area contributed by atoms with Crippen LogP contribution in [0.2, 0.25) is 0 Å². The molecule has 0 spiro atoms. The van der Waals surface area contributed by atoms with Crippen LogP contribution in [0.25, 0.3) is 0 Å². The Labute approximate surface area is 131 Å². The molecule has 1 aromatic carbocycles. The van der Waals surface area contributed by atoms with Crippen molar-refractivity contribution in [3.63, 3.8) is 0 Å². The number of pyridine rings is 1. The number of aromatic carboxylic acids is 1. The van der Waals surface area contributed by atoms with Gasteiger partial charge in [0.15, 0.2) is 0 Å². The minimum absolute atomic E-state index is 0.0114. The van der Waals surface area contributed by atoms with Crippen molar-refractivity contribution >= 4 is 17.3 Å². The van der Waals surface area contributed by atoms with Gasteiger partial charge >= 0.3 is 5.97 Å². The molecule has 120 valence electrons. The predicted molar refractivity (Wildman–Crippen MR) is 82.2 cm³/mol. The number of hydrogen-bond acceptors (Lipinski definition) is 4. The van der Waals surface area contributed by atoms with Gasteiger partial charge in [0.25, 0.3) is 5.56 Å². The number of carboxylic acid groups (broad SMARTS) is 1. The standard InChI is InChI=1S/C16H15FN2O4/c1-23-9-4-5-11(10(17)7-9)18-12-8-14(20)19-6-2-3-13(19)15(12)16(21)22/h4-5,7-8,18H,2-3,6H2,1H3,(H,21,22). The van der Waals surface area contributed by atoms with Crippen molar-refractivity contribution in [1.29, 1.82) is 0 Å². The van der Waals surface area contributed by atoms with Crippen LogP contribution >= 0.6 is 0 Å². The Morgan fingerprint density at radius 1 is 1.35 bits per heavy atom. The molecule has 7 heteroatoms. The second-order valence-corrected chi connectivity index (χ2v) is 5.25. The summed E-state index contributed by atoms with van der Waals surface area (Å²) in [7, 11) is 1.42. The molecule has 3 rings (SSSR count). The molecular formula is C16H15FN2O4. The van der Waals surface area contributed by atoms with Crippen molar-refractivity contribution < 1.29 is 19.0 Å². The van der Waals surface area contributed by atoms with Gasteiger partial charge < -0.3 is 19.7 Å². The number of anilines is 2. The van der Waals surface area contributed by atoms with Crippen LogP contribution in [0.15, 0.2) is 29.1 Å². The van der Waals surface area contributed by atoms with E-state index in [2.05, 4.69) is 5.32 Å². The maximum absolute atomic E-state index is 14.1. The minimum atomic E-state index is -1.15. The van der Waals surface area contributed by atoms with Crippen molar-refractivity contribution in [2.75, 3.05) is 12.4 Å². The lowest BCUT2D eigenvalue weighted by Crippen LogP contribution is -2.23. The van der Waals surface area contributed by atoms with Crippen molar-refractivity contribution in [3.8, 4) is 5.75 Å². The lowest BCUT2D eigenvalue weighted by atomic mass is 10.1. The van der Waals surface area contributed by atoms with Crippen molar-refractivity contribution in [2.45, 2.75) is 19.4 Å². The zero-order chi connectivity index (χ0) is 16.6. The maximum atomic E-state index is 14.1. The van der Waals surface area contributed by atoms with Crippen LogP contribution in [0.4, 0.5) is 15.8 Å². The Hall–Kier alpha value is -2.83. The van der Waals surface area contributed by atoms with Gasteiger partial charge in [0, 0.05) is 24.4 Å². The van der Waals surface area contributed by atoms with Gasteiger partial charge in [0.05, 0.1) is 18.5 Å². The molecule has 0 fully saturated rings. The van der Waals surface area contributed by atoms with Gasteiger partial charge in [-0.15, -0.1) is 0 Å². The van der Waals surface area contributed by atoms with Gasteiger partial charge in [0.2, 0.25) is 0 Å². The summed E-state index contributed by atoms with van der Waals surface area (Å²) in [6.45, 7) is 0.506. The smallest absolute Gasteiger partial charge is 0.339 e. The van der Waals surface area contributed by atoms with E-state index in [-0.39, 0.29) is 22.5 Å². The highest BCUT2D eigenvalue weighted by Gasteiger charge is 2.24. The van der Waals surface area contributed by atoms with Gasteiger partial charge in [-0.2, -0.15) is 0 Å². The molecule has 0 saturated carbocycles. The normalized spacial score (nSPS) is 12.8. The first-order chi connectivity index (χ1) is 11.0. The number of halogens is 1. The summed E-state index contributed by atoms with van der Waals surface area (Å²) in [4.78, 5) is 23.7. The molecule has 0 aliphatic carbocycles. The molecular weight excluding hydrogens is 303 g/mol. The van der Waals surface area contributed by atoms with E-state index in [1.165, 1.54) is 29.9 Å². The van der Waals surface area contributed by atoms with Crippen LogP contribution < -0.4 is 15.6 Å². The number of fused-ring (bicyclic) bond motifs is 1. The van der Waals surface area contributed by atoms with E-state index in [4.69, 9.17) is 4.74 Å². The largest absolute Gasteiger partial charge is 0.497 e. The van der Waals surface area contributed by atoms with Gasteiger partial charge in [-0.1, -0.05) is 0 Å². The summed E-state index contributed by atoms with van der Waals surface area (Å²) in [5.74, 6) is -1.39. The van der Waals surface area contributed by atoms with Crippen LogP contribution in [0.5, 0.6) is 5.75 Å². The second-order valence-electron chi connectivity index (χ2n) is 5.25. The number of ether oxygens (including phenoxy) is 1. The summed E-state index contributed by atoms with van der Waals surface area (Å²) in [6.07, 6.45) is 1.23. The minimum Gasteiger partial charge on any atom is -0.497 e. The Morgan fingerprint density at radius 3 is 2.78 bits per heavy atom. The number of nitrogens with one attached hydrogen (secondary N) is 1. The Morgan fingerprint density at radius 2 is 2.13 bits per heavy atom. The van der Waals surface area contributed by atoms with E-state index in [9.17, 15) is 19.1 Å². The number of carbonyl (C=O) groups is 1. The predicted octanol–water partition coefficient (Wildman–Crippen LogP) is 2.38. The molecule has 1 aliphatic rings. The number of hydrogen-bond donors (Lipinski definition) is 2. The van der Waals surface area contributed by atoms with Crippen molar-refractivity contribution in [2.24, 2.45) is 0 Å². The molecule has 1 aromatic heterocycles. The van der Waals surface area contributed by atoms with E-state index in [0.29, 0.717) is 24.4 Å². The highest BCUT2D eigenvalue weighted by atomic mass is 19.1. The number of aromatic nitrogens is 1. The fourth-order valence-corrected chi connectivity index (χ4v) is 2.81. The average molecular weight is 318 g/mol. The lowest BCUT2D eigenvalue weighted by molar-refractivity contribution is 0.0696. The second kappa shape index (κ2) is 5.75. The molecule has 2 aromatic rings. The Kier molecular flexibility index (Phi) is 3.77. The fraction of sp³-hybridized carbons (Fsp3) is 0.250. The molecule has 0 unspecified atom stereocenters. The first kappa shape index (κ1) is 15.1. The molecule has 6 nitrogen and oxygen atoms in total. The van der Waals surface area contributed by atoms with Gasteiger partial charge in [-0.3, -0.25) is 4.79 Å². The van der Waals surface area contributed by atoms with Crippen LogP contribution in [0, 0.1) is 5.82 Å². The third-order valence-electron chi connectivity index (χ3n) is 3.87. The van der Waals surface area contributed by atoms with Crippen LogP contribution in [0.3, 0.4) is 0 Å². The van der Waals surface area contributed by atoms with Crippen molar-refractivity contribution in [1.82, 2.24) is 4.57 Å². The number of methoxy groups -OCH3 is 1. The van der Waals surface area contributed by atoms with Crippen LogP contribution in [-0.2, 0) is 13.0 Å². The summed E-state index contributed by atoms with van der Waals surface area (Å²) in [5.41, 5.74) is 0.369. The molecule has 23 heavy (non-hydrogen) atoms. The molecule has 0 amide bonds. The van der Waals surface area contributed by atoms with Gasteiger partial charge in [-0.05, 0) is 25.0 Å². The highest BCUT2D eigenvalue weighted by molar-refractivity contribution is 5.96. The molecule has 2 heterocycles. The van der Waals surface area contributed by atoms with Crippen LogP contribution in [0.1, 0.15) is 22.5 Å². The number of carboxylic acids is 1. The Bertz CT molecular complexity index is 845. The summed E-state index contributed by atoms with van der Waals surface area (Å²) in [6, 6.07) is 5.36. The van der Waals surface area contributed by atoms with E-state index < -0.39 is 11.8 Å². The molecule has 0 radical (unpaired) electrons. The third-order valence-corrected chi connectivity index (χ3v) is 3.87. The van der Waals surface area contributed by atoms with Crippen LogP contribution in [-0.4, -0.2) is 22.8 Å². The monoisotopic (exact) mass is 318 g/mol. The fourth-order valence-electron chi connectivity index (χ4n) is 2.81. The number of rotatable bonds is 4. The molecule has 2 N–H and O–H groups in total. The van der Waals surface area contributed by atoms with E-state index in [1.54, 1.807) is 6.07 Å². The quantitative estimate of drug-likeness (QED) is 0.904. The SMILES string of the molecule is COc1ccc(Nc2cc(=O)n3c(c2C(=O)O)CCC3)c(F)c1. The number of benzene rings is 1. The van der Waals surface area contributed by atoms with E-state index in [1.807, 2.05) is 0 Å². The summed E-state index contributed by atoms with van der Waals surface area (Å²) >= 11 is 0. The zero-order valence-electron chi connectivity index (χ0n) is 12.4. The summed E-state index contributed by atoms with van der Waals surface area (Å²) in [5, 5.41) is 12.2. The molecule has 1 aliphatic heterocycles. The highest BCUT2D eigenvalue weighted by Crippen LogP contribution is 2.28. The first-order valence-corrected chi connectivity index (χ1v) is 7.12. The molecule has 0 atom stereocenters. The zero-order valence-corrected chi connectivity index (χ0v) is 12.4. The number of nitrogens with zero attached hydrogens (tertiary/aromatic N) is 1. The van der Waals surface area contributed by atoms with E-state index >= 15 is 0 Å². The lowest BCUT2D eigenvalue weighted by Gasteiger charge is -2.14. The summed E-state index contributed by atoms with van der Waals surface area (Å²) < 4.78 is 20.4. The van der Waals surface area contributed by atoms with Gasteiger partial charge in [-0.25, -0.2) is 9.18 Å². The molecule has 0 saturated heterocycles.